The minimum absolute atomic E-state index is 0.0116. The van der Waals surface area contributed by atoms with E-state index in [1.165, 1.54) is 98.3 Å². The zero-order valence-electron chi connectivity index (χ0n) is 53.4. The zero-order valence-corrected chi connectivity index (χ0v) is 53.4. The number of nitrogens with zero attached hydrogens (tertiary/aromatic N) is 2. The highest BCUT2D eigenvalue weighted by Gasteiger charge is 2.49. The number of carboxylic acids is 1. The minimum atomic E-state index is -2.06. The van der Waals surface area contributed by atoms with E-state index < -0.39 is 163 Å². The highest BCUT2D eigenvalue weighted by Crippen LogP contribution is 2.31. The standard InChI is InChI=1S/C67H75F2N15O14/c1-35-60(92)75-33-57(88)78-50(23-39-30-72-47-17-13-41(68)25-45(39)47)61(93)79-51(24-40-31-73-48-18-14-42(69)26-46(40)48)62(94)81-53(28-58(89)90)64(96)80-52(27-43-32-71-34-76-43)63(95)82-54(22-37-11-15-44(85)16-12-37)65(97)84-20-4-19-67(84,2)66(98)83-49(59(70)91)21-36-7-9-38(10-8-36)29-74-55(86)5-3-6-56(87)77-35/h7-18,25-26,30-32,34-35,49-54,72-73,85H,3-6,19-24,27-29,33H2,1-2H3,(H2,70,91)(H,71,76)(H,74,86)(H,75,92)(H,77,87)(H,78,88)(H,79,93)(H,80,96)(H,81,94)(H,82,95)(H,83,98)(H,89,90)/t35-,49-,50-,51-,52+,53-,54-,67-/m0/s1. The Balaban J connectivity index is 1.05. The van der Waals surface area contributed by atoms with Crippen LogP contribution in [0.25, 0.3) is 21.8 Å². The van der Waals surface area contributed by atoms with E-state index in [4.69, 9.17) is 5.73 Å². The number of primary amides is 1. The molecule has 0 aliphatic carbocycles. The van der Waals surface area contributed by atoms with Gasteiger partial charge in [-0.25, -0.2) is 13.8 Å². The number of carbonyl (C=O) groups excluding carboxylic acids is 11. The number of aromatic hydroxyl groups is 1. The Kier molecular flexibility index (Phi) is 23.0. The van der Waals surface area contributed by atoms with Crippen LogP contribution >= 0.6 is 0 Å². The van der Waals surface area contributed by atoms with Crippen LogP contribution in [0.1, 0.15) is 85.9 Å². The molecule has 29 nitrogen and oxygen atoms in total. The Morgan fingerprint density at radius 1 is 0.602 bits per heavy atom. The Hall–Kier alpha value is -11.5. The largest absolute Gasteiger partial charge is 0.508 e. The van der Waals surface area contributed by atoms with Crippen LogP contribution in [0.4, 0.5) is 8.78 Å². The fourth-order valence-electron chi connectivity index (χ4n) is 11.8. The van der Waals surface area contributed by atoms with E-state index in [2.05, 4.69) is 67.8 Å². The topological polar surface area (TPSA) is 443 Å². The molecule has 11 amide bonds. The molecule has 1 saturated heterocycles. The van der Waals surface area contributed by atoms with Gasteiger partial charge in [-0.3, -0.25) is 57.5 Å². The van der Waals surface area contributed by atoms with E-state index in [0.717, 1.165) is 6.07 Å². The number of hydrogen-bond donors (Lipinski definition) is 15. The second-order valence-electron chi connectivity index (χ2n) is 24.5. The quantitative estimate of drug-likeness (QED) is 0.0786. The summed E-state index contributed by atoms with van der Waals surface area (Å²) in [4.78, 5) is 182. The van der Waals surface area contributed by atoms with Crippen LogP contribution < -0.4 is 53.6 Å². The van der Waals surface area contributed by atoms with Crippen molar-refractivity contribution in [3.05, 3.63) is 155 Å². The van der Waals surface area contributed by atoms with Crippen LogP contribution in [0.5, 0.6) is 5.75 Å². The van der Waals surface area contributed by atoms with Crippen molar-refractivity contribution in [1.82, 2.24) is 72.7 Å². The molecular weight excluding hydrogens is 1280 g/mol. The third-order valence-corrected chi connectivity index (χ3v) is 17.2. The number of aromatic amines is 3. The molecule has 6 heterocycles. The summed E-state index contributed by atoms with van der Waals surface area (Å²) in [6, 6.07) is 8.64. The lowest BCUT2D eigenvalue weighted by Gasteiger charge is -2.37. The number of nitrogens with two attached hydrogens (primary N) is 1. The lowest BCUT2D eigenvalue weighted by Crippen LogP contribution is -2.63. The van der Waals surface area contributed by atoms with Crippen molar-refractivity contribution in [2.24, 2.45) is 5.73 Å². The highest BCUT2D eigenvalue weighted by molar-refractivity contribution is 6.01. The van der Waals surface area contributed by atoms with Crippen LogP contribution in [0.2, 0.25) is 0 Å². The second-order valence-corrected chi connectivity index (χ2v) is 24.5. The van der Waals surface area contributed by atoms with Gasteiger partial charge in [0.25, 0.3) is 0 Å². The molecule has 0 radical (unpaired) electrons. The number of amides is 11. The van der Waals surface area contributed by atoms with Gasteiger partial charge in [0.2, 0.25) is 65.0 Å². The number of imidazole rings is 1. The average molecular weight is 1350 g/mol. The van der Waals surface area contributed by atoms with Gasteiger partial charge in [0, 0.05) is 104 Å². The fourth-order valence-corrected chi connectivity index (χ4v) is 11.8. The predicted molar refractivity (Wildman–Crippen MR) is 347 cm³/mol. The number of fused-ring (bicyclic) bond motifs is 34. The molecule has 0 saturated carbocycles. The van der Waals surface area contributed by atoms with Crippen LogP contribution in [0.3, 0.4) is 0 Å². The molecule has 3 aliphatic rings. The molecule has 516 valence electrons. The summed E-state index contributed by atoms with van der Waals surface area (Å²) in [7, 11) is 0. The van der Waals surface area contributed by atoms with Gasteiger partial charge in [0.05, 0.1) is 19.3 Å². The van der Waals surface area contributed by atoms with Crippen molar-refractivity contribution in [3.63, 3.8) is 0 Å². The lowest BCUT2D eigenvalue weighted by molar-refractivity contribution is -0.147. The lowest BCUT2D eigenvalue weighted by atomic mass is 9.94. The smallest absolute Gasteiger partial charge is 0.305 e. The number of rotatable bonds is 11. The van der Waals surface area contributed by atoms with E-state index in [1.54, 1.807) is 24.3 Å². The first kappa shape index (κ1) is 70.8. The van der Waals surface area contributed by atoms with E-state index in [1.807, 2.05) is 0 Å². The normalized spacial score (nSPS) is 23.0. The SMILES string of the molecule is C[C@@H]1NC(=O)CCCC(=O)NCc2ccc(cc2)C[C@@H](C(N)=O)NC(=O)[C@]2(C)CCCN2C(=O)[C@H](Cc2ccc(O)cc2)NC(=O)[C@@H](Cc2cnc[nH]2)NC(=O)[C@H](CC(=O)O)NC(=O)[C@H](Cc2c[nH]c3ccc(F)cc23)NC(=O)[C@H](Cc2c[nH]c3ccc(F)cc23)NC(=O)CNC1=O. The van der Waals surface area contributed by atoms with Crippen molar-refractivity contribution in [2.45, 2.75) is 139 Å². The third kappa shape index (κ3) is 18.5. The Morgan fingerprint density at radius 3 is 1.76 bits per heavy atom. The Morgan fingerprint density at radius 2 is 1.16 bits per heavy atom. The maximum Gasteiger partial charge on any atom is 0.305 e. The zero-order chi connectivity index (χ0) is 70.4. The van der Waals surface area contributed by atoms with E-state index in [9.17, 15) is 71.7 Å². The summed E-state index contributed by atoms with van der Waals surface area (Å²) in [5, 5.41) is 44.2. The van der Waals surface area contributed by atoms with Crippen molar-refractivity contribution >= 4 is 92.8 Å². The van der Waals surface area contributed by atoms with Gasteiger partial charge in [-0.1, -0.05) is 36.4 Å². The molecule has 10 rings (SSSR count). The summed E-state index contributed by atoms with van der Waals surface area (Å²) in [6.07, 6.45) is 2.90. The van der Waals surface area contributed by atoms with Crippen molar-refractivity contribution in [1.29, 1.82) is 0 Å². The summed E-state index contributed by atoms with van der Waals surface area (Å²) in [6.45, 7) is 2.13. The number of hydrogen-bond acceptors (Lipinski definition) is 14. The molecule has 3 aromatic heterocycles. The molecule has 4 aromatic carbocycles. The minimum Gasteiger partial charge on any atom is -0.508 e. The molecule has 2 bridgehead atoms. The van der Waals surface area contributed by atoms with Crippen molar-refractivity contribution in [3.8, 4) is 5.75 Å². The number of aromatic nitrogens is 4. The van der Waals surface area contributed by atoms with Gasteiger partial charge in [0.15, 0.2) is 0 Å². The van der Waals surface area contributed by atoms with Crippen LogP contribution in [0.15, 0.2) is 110 Å². The molecule has 0 unspecified atom stereocenters. The highest BCUT2D eigenvalue weighted by atomic mass is 19.1. The van der Waals surface area contributed by atoms with Gasteiger partial charge >= 0.3 is 5.97 Å². The summed E-state index contributed by atoms with van der Waals surface area (Å²) >= 11 is 0. The van der Waals surface area contributed by atoms with Crippen LogP contribution in [-0.4, -0.2) is 167 Å². The third-order valence-electron chi connectivity index (χ3n) is 17.2. The Bertz CT molecular complexity index is 4140. The number of carboxylic acid groups (broad SMARTS) is 1. The van der Waals surface area contributed by atoms with E-state index in [-0.39, 0.29) is 80.4 Å². The fraction of sp³-hybridized carbons (Fsp3) is 0.358. The summed E-state index contributed by atoms with van der Waals surface area (Å²) < 4.78 is 29.7. The van der Waals surface area contributed by atoms with Crippen LogP contribution in [-0.2, 0) is 96.2 Å². The first-order valence-corrected chi connectivity index (χ1v) is 31.6. The molecular formula is C67H75F2N15O14. The number of nitrogens with one attached hydrogen (secondary N) is 12. The summed E-state index contributed by atoms with van der Waals surface area (Å²) in [5.74, 6) is -12.9. The molecule has 8 atom stereocenters. The van der Waals surface area contributed by atoms with Gasteiger partial charge in [-0.05, 0) is 109 Å². The first-order chi connectivity index (χ1) is 46.8. The van der Waals surface area contributed by atoms with Crippen molar-refractivity contribution in [2.75, 3.05) is 13.1 Å². The summed E-state index contributed by atoms with van der Waals surface area (Å²) in [5.41, 5.74) is 7.45. The number of carbonyl (C=O) groups is 12. The monoisotopic (exact) mass is 1350 g/mol. The number of benzene rings is 4. The molecule has 0 spiro atoms. The van der Waals surface area contributed by atoms with Gasteiger partial charge in [-0.2, -0.15) is 0 Å². The maximum atomic E-state index is 15.2. The second kappa shape index (κ2) is 31.8. The molecule has 31 heteroatoms. The van der Waals surface area contributed by atoms with Gasteiger partial charge < -0.3 is 83.6 Å². The molecule has 3 aliphatic heterocycles. The number of phenols is 1. The van der Waals surface area contributed by atoms with Crippen LogP contribution in [0, 0.1) is 11.6 Å². The van der Waals surface area contributed by atoms with Crippen molar-refractivity contribution < 1.29 is 76.5 Å². The molecule has 16 N–H and O–H groups in total. The predicted octanol–water partition coefficient (Wildman–Crippen LogP) is 0.540. The number of H-pyrrole nitrogens is 3. The molecule has 98 heavy (non-hydrogen) atoms. The number of phenolic OH excluding ortho intramolecular Hbond substituents is 1. The maximum absolute atomic E-state index is 15.2. The Labute approximate surface area is 558 Å². The molecule has 7 aromatic rings. The first-order valence-electron chi connectivity index (χ1n) is 31.6. The van der Waals surface area contributed by atoms with E-state index in [0.29, 0.717) is 38.7 Å². The number of aliphatic carboxylic acids is 1. The average Bonchev–Trinajstić information content (AvgIpc) is 1.39. The van der Waals surface area contributed by atoms with Gasteiger partial charge in [0.1, 0.15) is 65.2 Å². The number of halogens is 2. The van der Waals surface area contributed by atoms with Gasteiger partial charge in [-0.15, -0.1) is 0 Å². The van der Waals surface area contributed by atoms with E-state index >= 15 is 4.79 Å². The molecule has 1 fully saturated rings.